The minimum atomic E-state index is -0.349. The fourth-order valence-electron chi connectivity index (χ4n) is 1.96. The third-order valence-corrected chi connectivity index (χ3v) is 3.44. The SMILES string of the molecule is CCOc1ccccc1C(=O)NCC(=O)Nc1cccc(Br)c1. The Morgan fingerprint density at radius 1 is 1.13 bits per heavy atom. The van der Waals surface area contributed by atoms with Crippen LogP contribution in [0.5, 0.6) is 5.75 Å². The predicted molar refractivity (Wildman–Crippen MR) is 92.7 cm³/mol. The minimum Gasteiger partial charge on any atom is -0.493 e. The topological polar surface area (TPSA) is 67.4 Å². The van der Waals surface area contributed by atoms with Gasteiger partial charge in [0.25, 0.3) is 5.91 Å². The van der Waals surface area contributed by atoms with Gasteiger partial charge in [0.1, 0.15) is 5.75 Å². The van der Waals surface area contributed by atoms with Gasteiger partial charge in [-0.3, -0.25) is 9.59 Å². The summed E-state index contributed by atoms with van der Waals surface area (Å²) in [6.45, 7) is 2.19. The van der Waals surface area contributed by atoms with Gasteiger partial charge in [0.15, 0.2) is 0 Å². The first kappa shape index (κ1) is 17.0. The maximum Gasteiger partial charge on any atom is 0.255 e. The van der Waals surface area contributed by atoms with Crippen molar-refractivity contribution in [3.05, 3.63) is 58.6 Å². The first-order valence-corrected chi connectivity index (χ1v) is 7.95. The van der Waals surface area contributed by atoms with Gasteiger partial charge in [-0.1, -0.05) is 34.1 Å². The van der Waals surface area contributed by atoms with E-state index in [-0.39, 0.29) is 18.4 Å². The van der Waals surface area contributed by atoms with Crippen molar-refractivity contribution in [1.82, 2.24) is 5.32 Å². The van der Waals surface area contributed by atoms with Crippen LogP contribution in [-0.4, -0.2) is 25.0 Å². The molecule has 2 aromatic rings. The molecule has 6 heteroatoms. The predicted octanol–water partition coefficient (Wildman–Crippen LogP) is 3.22. The van der Waals surface area contributed by atoms with Crippen LogP contribution >= 0.6 is 15.9 Å². The smallest absolute Gasteiger partial charge is 0.255 e. The van der Waals surface area contributed by atoms with E-state index in [1.165, 1.54) is 0 Å². The number of carbonyl (C=O) groups excluding carboxylic acids is 2. The highest BCUT2D eigenvalue weighted by Crippen LogP contribution is 2.18. The number of anilines is 1. The summed E-state index contributed by atoms with van der Waals surface area (Å²) >= 11 is 3.33. The van der Waals surface area contributed by atoms with E-state index in [9.17, 15) is 9.59 Å². The molecule has 0 atom stereocenters. The number of rotatable bonds is 6. The second-order valence-corrected chi connectivity index (χ2v) is 5.59. The van der Waals surface area contributed by atoms with Crippen LogP contribution in [0.4, 0.5) is 5.69 Å². The van der Waals surface area contributed by atoms with E-state index in [2.05, 4.69) is 26.6 Å². The van der Waals surface area contributed by atoms with Gasteiger partial charge in [-0.05, 0) is 37.3 Å². The second kappa shape index (κ2) is 8.33. The van der Waals surface area contributed by atoms with Crippen molar-refractivity contribution in [2.24, 2.45) is 0 Å². The van der Waals surface area contributed by atoms with Crippen molar-refractivity contribution < 1.29 is 14.3 Å². The van der Waals surface area contributed by atoms with E-state index in [4.69, 9.17) is 4.74 Å². The number of ether oxygens (including phenoxy) is 1. The Balaban J connectivity index is 1.92. The van der Waals surface area contributed by atoms with Crippen LogP contribution in [-0.2, 0) is 4.79 Å². The van der Waals surface area contributed by atoms with Gasteiger partial charge in [0, 0.05) is 10.2 Å². The molecule has 23 heavy (non-hydrogen) atoms. The zero-order chi connectivity index (χ0) is 16.7. The van der Waals surface area contributed by atoms with Crippen molar-refractivity contribution in [3.63, 3.8) is 0 Å². The van der Waals surface area contributed by atoms with E-state index in [0.717, 1.165) is 4.47 Å². The lowest BCUT2D eigenvalue weighted by atomic mass is 10.2. The fraction of sp³-hybridized carbons (Fsp3) is 0.176. The van der Waals surface area contributed by atoms with Gasteiger partial charge in [0.2, 0.25) is 5.91 Å². The van der Waals surface area contributed by atoms with Crippen molar-refractivity contribution >= 4 is 33.4 Å². The lowest BCUT2D eigenvalue weighted by Crippen LogP contribution is -2.33. The summed E-state index contributed by atoms with van der Waals surface area (Å²) in [4.78, 5) is 24.1. The molecule has 0 aromatic heterocycles. The number of halogens is 1. The molecule has 0 aliphatic heterocycles. The average molecular weight is 377 g/mol. The van der Waals surface area contributed by atoms with Crippen molar-refractivity contribution in [2.45, 2.75) is 6.92 Å². The molecule has 0 aliphatic rings. The molecule has 2 rings (SSSR count). The van der Waals surface area contributed by atoms with Crippen LogP contribution in [0, 0.1) is 0 Å². The highest BCUT2D eigenvalue weighted by Gasteiger charge is 2.13. The second-order valence-electron chi connectivity index (χ2n) is 4.67. The molecule has 0 spiro atoms. The van der Waals surface area contributed by atoms with E-state index in [1.54, 1.807) is 36.4 Å². The van der Waals surface area contributed by atoms with Gasteiger partial charge in [-0.15, -0.1) is 0 Å². The molecule has 0 aliphatic carbocycles. The minimum absolute atomic E-state index is 0.119. The Labute approximate surface area is 143 Å². The van der Waals surface area contributed by atoms with Gasteiger partial charge < -0.3 is 15.4 Å². The molecule has 2 N–H and O–H groups in total. The number of amides is 2. The van der Waals surface area contributed by atoms with Crippen LogP contribution < -0.4 is 15.4 Å². The third kappa shape index (κ3) is 5.10. The highest BCUT2D eigenvalue weighted by molar-refractivity contribution is 9.10. The molecule has 120 valence electrons. The van der Waals surface area contributed by atoms with Crippen LogP contribution in [0.15, 0.2) is 53.0 Å². The molecule has 0 unspecified atom stereocenters. The number of para-hydroxylation sites is 1. The number of carbonyl (C=O) groups is 2. The lowest BCUT2D eigenvalue weighted by Gasteiger charge is -2.10. The molecule has 0 bridgehead atoms. The van der Waals surface area contributed by atoms with Crippen molar-refractivity contribution in [3.8, 4) is 5.75 Å². The molecule has 0 heterocycles. The van der Waals surface area contributed by atoms with Crippen LogP contribution in [0.1, 0.15) is 17.3 Å². The van der Waals surface area contributed by atoms with Gasteiger partial charge in [-0.25, -0.2) is 0 Å². The molecule has 2 amide bonds. The normalized spacial score (nSPS) is 10.0. The molecular formula is C17H17BrN2O3. The maximum absolute atomic E-state index is 12.2. The summed E-state index contributed by atoms with van der Waals surface area (Å²) in [5.74, 6) is -0.149. The van der Waals surface area contributed by atoms with Crippen molar-refractivity contribution in [2.75, 3.05) is 18.5 Å². The number of benzene rings is 2. The standard InChI is InChI=1S/C17H17BrN2O3/c1-2-23-15-9-4-3-8-14(15)17(22)19-11-16(21)20-13-7-5-6-12(18)10-13/h3-10H,2,11H2,1H3,(H,19,22)(H,20,21). The Morgan fingerprint density at radius 2 is 1.91 bits per heavy atom. The monoisotopic (exact) mass is 376 g/mol. The third-order valence-electron chi connectivity index (χ3n) is 2.95. The number of hydrogen-bond acceptors (Lipinski definition) is 3. The quantitative estimate of drug-likeness (QED) is 0.813. The van der Waals surface area contributed by atoms with E-state index in [0.29, 0.717) is 23.6 Å². The largest absolute Gasteiger partial charge is 0.493 e. The Kier molecular flexibility index (Phi) is 6.17. The van der Waals surface area contributed by atoms with E-state index >= 15 is 0 Å². The molecular weight excluding hydrogens is 360 g/mol. The lowest BCUT2D eigenvalue weighted by molar-refractivity contribution is -0.115. The van der Waals surface area contributed by atoms with Crippen LogP contribution in [0.3, 0.4) is 0 Å². The molecule has 2 aromatic carbocycles. The fourth-order valence-corrected chi connectivity index (χ4v) is 2.36. The molecule has 0 radical (unpaired) electrons. The number of hydrogen-bond donors (Lipinski definition) is 2. The van der Waals surface area contributed by atoms with Gasteiger partial charge >= 0.3 is 0 Å². The maximum atomic E-state index is 12.2. The Hall–Kier alpha value is -2.34. The highest BCUT2D eigenvalue weighted by atomic mass is 79.9. The van der Waals surface area contributed by atoms with Gasteiger partial charge in [0.05, 0.1) is 18.7 Å². The van der Waals surface area contributed by atoms with Crippen LogP contribution in [0.2, 0.25) is 0 Å². The average Bonchev–Trinajstić information content (AvgIpc) is 2.53. The van der Waals surface area contributed by atoms with E-state index in [1.807, 2.05) is 19.1 Å². The van der Waals surface area contributed by atoms with Crippen molar-refractivity contribution in [1.29, 1.82) is 0 Å². The number of nitrogens with one attached hydrogen (secondary N) is 2. The summed E-state index contributed by atoms with van der Waals surface area (Å²) in [6, 6.07) is 14.2. The Morgan fingerprint density at radius 3 is 2.65 bits per heavy atom. The molecule has 5 nitrogen and oxygen atoms in total. The summed E-state index contributed by atoms with van der Waals surface area (Å²) in [7, 11) is 0. The summed E-state index contributed by atoms with van der Waals surface area (Å²) in [6.07, 6.45) is 0. The first-order valence-electron chi connectivity index (χ1n) is 7.15. The van der Waals surface area contributed by atoms with E-state index < -0.39 is 0 Å². The molecule has 0 saturated carbocycles. The zero-order valence-corrected chi connectivity index (χ0v) is 14.2. The zero-order valence-electron chi connectivity index (χ0n) is 12.6. The van der Waals surface area contributed by atoms with Gasteiger partial charge in [-0.2, -0.15) is 0 Å². The summed E-state index contributed by atoms with van der Waals surface area (Å²) in [5, 5.41) is 5.30. The summed E-state index contributed by atoms with van der Waals surface area (Å²) < 4.78 is 6.27. The molecule has 0 fully saturated rings. The first-order chi connectivity index (χ1) is 11.1. The van der Waals surface area contributed by atoms with Crippen LogP contribution in [0.25, 0.3) is 0 Å². The Bertz CT molecular complexity index is 704. The molecule has 0 saturated heterocycles. The summed E-state index contributed by atoms with van der Waals surface area (Å²) in [5.41, 5.74) is 1.07.